The van der Waals surface area contributed by atoms with E-state index in [-0.39, 0.29) is 5.91 Å². The van der Waals surface area contributed by atoms with Gasteiger partial charge in [-0.05, 0) is 30.2 Å². The molecule has 0 spiro atoms. The summed E-state index contributed by atoms with van der Waals surface area (Å²) < 4.78 is 4.97. The van der Waals surface area contributed by atoms with Gasteiger partial charge in [-0.1, -0.05) is 24.3 Å². The summed E-state index contributed by atoms with van der Waals surface area (Å²) in [4.78, 5) is 16.3. The van der Waals surface area contributed by atoms with Crippen molar-refractivity contribution in [2.24, 2.45) is 0 Å². The highest BCUT2D eigenvalue weighted by molar-refractivity contribution is 5.91. The topological polar surface area (TPSA) is 63.2 Å². The lowest BCUT2D eigenvalue weighted by atomic mass is 10.1. The van der Waals surface area contributed by atoms with Gasteiger partial charge in [0.25, 0.3) is 0 Å². The zero-order valence-corrected chi connectivity index (χ0v) is 12.9. The first-order chi connectivity index (χ1) is 10.7. The SMILES string of the molecule is COCCNc1ccc(NC(=O)Cc2ccccc2C)nc1. The summed E-state index contributed by atoms with van der Waals surface area (Å²) in [6.07, 6.45) is 2.04. The van der Waals surface area contributed by atoms with Gasteiger partial charge >= 0.3 is 0 Å². The Kier molecular flexibility index (Phi) is 5.91. The number of amides is 1. The summed E-state index contributed by atoms with van der Waals surface area (Å²) in [7, 11) is 1.66. The highest BCUT2D eigenvalue weighted by Crippen LogP contribution is 2.11. The molecule has 0 bridgehead atoms. The quantitative estimate of drug-likeness (QED) is 0.772. The number of rotatable bonds is 7. The predicted octanol–water partition coefficient (Wildman–Crippen LogP) is 2.63. The maximum atomic E-state index is 12.0. The highest BCUT2D eigenvalue weighted by Gasteiger charge is 2.06. The predicted molar refractivity (Wildman–Crippen MR) is 88.1 cm³/mol. The van der Waals surface area contributed by atoms with Gasteiger partial charge in [-0.3, -0.25) is 4.79 Å². The summed E-state index contributed by atoms with van der Waals surface area (Å²) in [5, 5.41) is 5.98. The molecular weight excluding hydrogens is 278 g/mol. The smallest absolute Gasteiger partial charge is 0.229 e. The zero-order chi connectivity index (χ0) is 15.8. The van der Waals surface area contributed by atoms with E-state index in [2.05, 4.69) is 15.6 Å². The minimum Gasteiger partial charge on any atom is -0.383 e. The van der Waals surface area contributed by atoms with Crippen LogP contribution >= 0.6 is 0 Å². The molecule has 0 aliphatic heterocycles. The number of benzene rings is 1. The Morgan fingerprint density at radius 2 is 2.05 bits per heavy atom. The van der Waals surface area contributed by atoms with Gasteiger partial charge in [0, 0.05) is 13.7 Å². The van der Waals surface area contributed by atoms with Crippen LogP contribution in [0.5, 0.6) is 0 Å². The van der Waals surface area contributed by atoms with Crippen LogP contribution in [0.1, 0.15) is 11.1 Å². The summed E-state index contributed by atoms with van der Waals surface area (Å²) in [5.74, 6) is 0.484. The first-order valence-corrected chi connectivity index (χ1v) is 7.22. The number of carbonyl (C=O) groups excluding carboxylic acids is 1. The van der Waals surface area contributed by atoms with Crippen LogP contribution in [0.15, 0.2) is 42.6 Å². The molecule has 0 saturated heterocycles. The third-order valence-electron chi connectivity index (χ3n) is 3.28. The molecule has 116 valence electrons. The summed E-state index contributed by atoms with van der Waals surface area (Å²) in [6, 6.07) is 11.5. The fraction of sp³-hybridized carbons (Fsp3) is 0.294. The minimum absolute atomic E-state index is 0.0677. The fourth-order valence-electron chi connectivity index (χ4n) is 2.04. The van der Waals surface area contributed by atoms with E-state index in [0.29, 0.717) is 18.8 Å². The first kappa shape index (κ1) is 16.0. The van der Waals surface area contributed by atoms with Gasteiger partial charge in [0.15, 0.2) is 0 Å². The summed E-state index contributed by atoms with van der Waals surface area (Å²) in [5.41, 5.74) is 3.04. The second-order valence-electron chi connectivity index (χ2n) is 5.00. The molecule has 0 radical (unpaired) electrons. The van der Waals surface area contributed by atoms with Crippen LogP contribution in [0.2, 0.25) is 0 Å². The molecule has 1 amide bonds. The standard InChI is InChI=1S/C17H21N3O2/c1-13-5-3-4-6-14(13)11-17(21)20-16-8-7-15(12-19-16)18-9-10-22-2/h3-8,12,18H,9-11H2,1-2H3,(H,19,20,21). The molecule has 5 heteroatoms. The van der Waals surface area contributed by atoms with Gasteiger partial charge in [0.2, 0.25) is 5.91 Å². The molecule has 0 fully saturated rings. The Bertz CT molecular complexity index is 612. The Morgan fingerprint density at radius 3 is 2.73 bits per heavy atom. The molecule has 0 aliphatic carbocycles. The van der Waals surface area contributed by atoms with E-state index >= 15 is 0 Å². The van der Waals surface area contributed by atoms with Gasteiger partial charge in [-0.25, -0.2) is 4.98 Å². The van der Waals surface area contributed by atoms with Crippen LogP contribution in [0.25, 0.3) is 0 Å². The molecule has 1 aromatic carbocycles. The van der Waals surface area contributed by atoms with E-state index in [4.69, 9.17) is 4.74 Å². The van der Waals surface area contributed by atoms with Crippen molar-refractivity contribution >= 4 is 17.4 Å². The zero-order valence-electron chi connectivity index (χ0n) is 12.9. The third-order valence-corrected chi connectivity index (χ3v) is 3.28. The molecule has 2 rings (SSSR count). The van der Waals surface area contributed by atoms with Crippen LogP contribution in [0.3, 0.4) is 0 Å². The number of pyridine rings is 1. The monoisotopic (exact) mass is 299 g/mol. The lowest BCUT2D eigenvalue weighted by Crippen LogP contribution is -2.16. The highest BCUT2D eigenvalue weighted by atomic mass is 16.5. The molecule has 2 aromatic rings. The van der Waals surface area contributed by atoms with Crippen LogP contribution in [-0.4, -0.2) is 31.2 Å². The first-order valence-electron chi connectivity index (χ1n) is 7.22. The van der Waals surface area contributed by atoms with Crippen molar-refractivity contribution in [2.75, 3.05) is 30.9 Å². The second-order valence-corrected chi connectivity index (χ2v) is 5.00. The number of anilines is 2. The number of nitrogens with one attached hydrogen (secondary N) is 2. The largest absolute Gasteiger partial charge is 0.383 e. The number of hydrogen-bond donors (Lipinski definition) is 2. The van der Waals surface area contributed by atoms with Crippen LogP contribution < -0.4 is 10.6 Å². The summed E-state index contributed by atoms with van der Waals surface area (Å²) >= 11 is 0. The van der Waals surface area contributed by atoms with Crippen molar-refractivity contribution in [1.82, 2.24) is 4.98 Å². The average Bonchev–Trinajstić information content (AvgIpc) is 2.51. The van der Waals surface area contributed by atoms with Crippen molar-refractivity contribution < 1.29 is 9.53 Å². The van der Waals surface area contributed by atoms with Gasteiger partial charge in [-0.15, -0.1) is 0 Å². The molecule has 0 saturated carbocycles. The minimum atomic E-state index is -0.0677. The van der Waals surface area contributed by atoms with Gasteiger partial charge in [0.05, 0.1) is 24.9 Å². The normalized spacial score (nSPS) is 10.3. The van der Waals surface area contributed by atoms with E-state index in [9.17, 15) is 4.79 Å². The number of carbonyl (C=O) groups is 1. The summed E-state index contributed by atoms with van der Waals surface area (Å²) in [6.45, 7) is 3.35. The Labute approximate surface area is 130 Å². The van der Waals surface area contributed by atoms with E-state index in [1.807, 2.05) is 37.3 Å². The van der Waals surface area contributed by atoms with E-state index in [1.54, 1.807) is 19.4 Å². The Morgan fingerprint density at radius 1 is 1.23 bits per heavy atom. The molecule has 5 nitrogen and oxygen atoms in total. The Balaban J connectivity index is 1.88. The molecular formula is C17H21N3O2. The number of nitrogens with zero attached hydrogens (tertiary/aromatic N) is 1. The van der Waals surface area contributed by atoms with Crippen LogP contribution in [-0.2, 0) is 16.0 Å². The molecule has 22 heavy (non-hydrogen) atoms. The average molecular weight is 299 g/mol. The lowest BCUT2D eigenvalue weighted by Gasteiger charge is -2.08. The van der Waals surface area contributed by atoms with Crippen molar-refractivity contribution in [3.63, 3.8) is 0 Å². The maximum absolute atomic E-state index is 12.0. The van der Waals surface area contributed by atoms with Gasteiger partial charge < -0.3 is 15.4 Å². The molecule has 2 N–H and O–H groups in total. The Hall–Kier alpha value is -2.40. The van der Waals surface area contributed by atoms with Crippen molar-refractivity contribution in [3.05, 3.63) is 53.7 Å². The van der Waals surface area contributed by atoms with Gasteiger partial charge in [-0.2, -0.15) is 0 Å². The second kappa shape index (κ2) is 8.14. The molecule has 1 heterocycles. The van der Waals surface area contributed by atoms with Crippen LogP contribution in [0.4, 0.5) is 11.5 Å². The number of ether oxygens (including phenoxy) is 1. The van der Waals surface area contributed by atoms with Crippen molar-refractivity contribution in [1.29, 1.82) is 0 Å². The van der Waals surface area contributed by atoms with E-state index in [0.717, 1.165) is 23.4 Å². The van der Waals surface area contributed by atoms with Crippen molar-refractivity contribution in [3.8, 4) is 0 Å². The molecule has 0 unspecified atom stereocenters. The number of hydrogen-bond acceptors (Lipinski definition) is 4. The molecule has 0 aliphatic rings. The maximum Gasteiger partial charge on any atom is 0.229 e. The lowest BCUT2D eigenvalue weighted by molar-refractivity contribution is -0.115. The third kappa shape index (κ3) is 4.86. The van der Waals surface area contributed by atoms with Gasteiger partial charge in [0.1, 0.15) is 5.82 Å². The van der Waals surface area contributed by atoms with E-state index in [1.165, 1.54) is 0 Å². The van der Waals surface area contributed by atoms with Crippen molar-refractivity contribution in [2.45, 2.75) is 13.3 Å². The molecule has 1 aromatic heterocycles. The molecule has 0 atom stereocenters. The van der Waals surface area contributed by atoms with Crippen LogP contribution in [0, 0.1) is 6.92 Å². The van der Waals surface area contributed by atoms with E-state index < -0.39 is 0 Å². The fourth-order valence-corrected chi connectivity index (χ4v) is 2.04. The number of methoxy groups -OCH3 is 1. The number of aromatic nitrogens is 1. The number of aryl methyl sites for hydroxylation is 1.